The van der Waals surface area contributed by atoms with Crippen LogP contribution in [0.4, 0.5) is 0 Å². The third-order valence-electron chi connectivity index (χ3n) is 5.71. The predicted molar refractivity (Wildman–Crippen MR) is 119 cm³/mol. The average molecular weight is 429 g/mol. The number of nitrogens with one attached hydrogen (secondary N) is 1. The molecule has 2 aromatic rings. The molecule has 168 valence electrons. The van der Waals surface area contributed by atoms with Crippen LogP contribution in [0.25, 0.3) is 0 Å². The minimum Gasteiger partial charge on any atom is -0.497 e. The van der Waals surface area contributed by atoms with Crippen LogP contribution in [0.3, 0.4) is 0 Å². The Balaban J connectivity index is 1.50. The van der Waals surface area contributed by atoms with E-state index in [1.54, 1.807) is 28.4 Å². The van der Waals surface area contributed by atoms with Gasteiger partial charge in [-0.2, -0.15) is 0 Å². The van der Waals surface area contributed by atoms with Gasteiger partial charge in [0.15, 0.2) is 11.5 Å². The third kappa shape index (κ3) is 5.82. The van der Waals surface area contributed by atoms with Crippen molar-refractivity contribution < 1.29 is 23.7 Å². The Kier molecular flexibility index (Phi) is 8.00. The quantitative estimate of drug-likeness (QED) is 0.661. The largest absolute Gasteiger partial charge is 0.497 e. The summed E-state index contributed by atoms with van der Waals surface area (Å²) in [4.78, 5) is 15.0. The van der Waals surface area contributed by atoms with Crippen LogP contribution in [-0.4, -0.2) is 52.3 Å². The second kappa shape index (κ2) is 10.9. The molecule has 1 saturated heterocycles. The SMILES string of the molecule is COc1ccc(CNC(=O)C2CCN(Cc3cc(OC)c(OC)c(OC)c3)CC2)cc1. The smallest absolute Gasteiger partial charge is 0.223 e. The van der Waals surface area contributed by atoms with Crippen molar-refractivity contribution in [1.29, 1.82) is 0 Å². The van der Waals surface area contributed by atoms with Crippen molar-refractivity contribution >= 4 is 5.91 Å². The molecular weight excluding hydrogens is 396 g/mol. The van der Waals surface area contributed by atoms with E-state index in [0.717, 1.165) is 49.4 Å². The van der Waals surface area contributed by atoms with Crippen molar-refractivity contribution in [2.75, 3.05) is 41.5 Å². The number of hydrogen-bond acceptors (Lipinski definition) is 6. The molecule has 0 spiro atoms. The zero-order valence-corrected chi connectivity index (χ0v) is 18.8. The maximum Gasteiger partial charge on any atom is 0.223 e. The van der Waals surface area contributed by atoms with E-state index in [9.17, 15) is 4.79 Å². The molecule has 1 aliphatic rings. The van der Waals surface area contributed by atoms with E-state index in [1.165, 1.54) is 0 Å². The van der Waals surface area contributed by atoms with Gasteiger partial charge in [-0.05, 0) is 61.3 Å². The van der Waals surface area contributed by atoms with Crippen LogP contribution < -0.4 is 24.3 Å². The maximum atomic E-state index is 12.6. The monoisotopic (exact) mass is 428 g/mol. The lowest BCUT2D eigenvalue weighted by Crippen LogP contribution is -2.40. The van der Waals surface area contributed by atoms with Gasteiger partial charge in [0, 0.05) is 19.0 Å². The molecule has 1 N–H and O–H groups in total. The number of amides is 1. The van der Waals surface area contributed by atoms with Crippen LogP contribution in [0.1, 0.15) is 24.0 Å². The summed E-state index contributed by atoms with van der Waals surface area (Å²) in [5, 5.41) is 3.07. The van der Waals surface area contributed by atoms with Gasteiger partial charge in [-0.15, -0.1) is 0 Å². The molecule has 0 unspecified atom stereocenters. The molecule has 1 heterocycles. The predicted octanol–water partition coefficient (Wildman–Crippen LogP) is 3.25. The molecule has 0 aromatic heterocycles. The van der Waals surface area contributed by atoms with Crippen LogP contribution in [-0.2, 0) is 17.9 Å². The summed E-state index contributed by atoms with van der Waals surface area (Å²) < 4.78 is 21.5. The molecule has 0 saturated carbocycles. The molecule has 1 amide bonds. The molecular formula is C24H32N2O5. The molecule has 31 heavy (non-hydrogen) atoms. The van der Waals surface area contributed by atoms with E-state index < -0.39 is 0 Å². The summed E-state index contributed by atoms with van der Waals surface area (Å²) >= 11 is 0. The Labute approximate surface area is 184 Å². The minimum absolute atomic E-state index is 0.0504. The van der Waals surface area contributed by atoms with E-state index >= 15 is 0 Å². The van der Waals surface area contributed by atoms with E-state index in [-0.39, 0.29) is 11.8 Å². The molecule has 2 aromatic carbocycles. The maximum absolute atomic E-state index is 12.6. The van der Waals surface area contributed by atoms with Crippen molar-refractivity contribution in [1.82, 2.24) is 10.2 Å². The minimum atomic E-state index is 0.0504. The van der Waals surface area contributed by atoms with Gasteiger partial charge >= 0.3 is 0 Å². The first kappa shape index (κ1) is 22.7. The van der Waals surface area contributed by atoms with E-state index in [2.05, 4.69) is 10.2 Å². The molecule has 1 aliphatic heterocycles. The fourth-order valence-electron chi connectivity index (χ4n) is 3.92. The lowest BCUT2D eigenvalue weighted by atomic mass is 9.95. The fraction of sp³-hybridized carbons (Fsp3) is 0.458. The molecule has 7 nitrogen and oxygen atoms in total. The zero-order chi connectivity index (χ0) is 22.2. The molecule has 0 radical (unpaired) electrons. The van der Waals surface area contributed by atoms with Gasteiger partial charge < -0.3 is 24.3 Å². The highest BCUT2D eigenvalue weighted by atomic mass is 16.5. The number of rotatable bonds is 9. The summed E-state index contributed by atoms with van der Waals surface area (Å²) in [5.74, 6) is 2.91. The van der Waals surface area contributed by atoms with Gasteiger partial charge in [-0.3, -0.25) is 9.69 Å². The number of benzene rings is 2. The summed E-state index contributed by atoms with van der Waals surface area (Å²) in [6.45, 7) is 3.06. The number of hydrogen-bond donors (Lipinski definition) is 1. The van der Waals surface area contributed by atoms with Gasteiger partial charge in [0.2, 0.25) is 11.7 Å². The standard InChI is InChI=1S/C24H32N2O5/c1-28-20-7-5-17(6-8-20)15-25-24(27)19-9-11-26(12-10-19)16-18-13-21(29-2)23(31-4)22(14-18)30-3/h5-8,13-14,19H,9-12,15-16H2,1-4H3,(H,25,27). The molecule has 0 atom stereocenters. The van der Waals surface area contributed by atoms with Gasteiger partial charge in [-0.25, -0.2) is 0 Å². The van der Waals surface area contributed by atoms with Gasteiger partial charge in [0.05, 0.1) is 28.4 Å². The van der Waals surface area contributed by atoms with Crippen molar-refractivity contribution in [3.8, 4) is 23.0 Å². The highest BCUT2D eigenvalue weighted by Gasteiger charge is 2.25. The number of ether oxygens (including phenoxy) is 4. The Hall–Kier alpha value is -2.93. The van der Waals surface area contributed by atoms with Crippen molar-refractivity contribution in [3.05, 3.63) is 47.5 Å². The Bertz CT molecular complexity index is 836. The number of likely N-dealkylation sites (tertiary alicyclic amines) is 1. The lowest BCUT2D eigenvalue weighted by Gasteiger charge is -2.31. The van der Waals surface area contributed by atoms with E-state index in [0.29, 0.717) is 23.8 Å². The fourth-order valence-corrected chi connectivity index (χ4v) is 3.92. The van der Waals surface area contributed by atoms with Gasteiger partial charge in [0.1, 0.15) is 5.75 Å². The van der Waals surface area contributed by atoms with Crippen LogP contribution in [0, 0.1) is 5.92 Å². The Morgan fingerprint density at radius 1 is 0.903 bits per heavy atom. The highest BCUT2D eigenvalue weighted by Crippen LogP contribution is 2.38. The number of carbonyl (C=O) groups is 1. The molecule has 0 aliphatic carbocycles. The van der Waals surface area contributed by atoms with Gasteiger partial charge in [0.25, 0.3) is 0 Å². The normalized spacial score (nSPS) is 14.7. The van der Waals surface area contributed by atoms with Crippen molar-refractivity contribution in [3.63, 3.8) is 0 Å². The van der Waals surface area contributed by atoms with Crippen molar-refractivity contribution in [2.24, 2.45) is 5.92 Å². The van der Waals surface area contributed by atoms with Crippen LogP contribution in [0.5, 0.6) is 23.0 Å². The first-order chi connectivity index (χ1) is 15.1. The molecule has 1 fully saturated rings. The summed E-state index contributed by atoms with van der Waals surface area (Å²) in [5.41, 5.74) is 2.16. The second-order valence-corrected chi connectivity index (χ2v) is 7.65. The first-order valence-corrected chi connectivity index (χ1v) is 10.5. The van der Waals surface area contributed by atoms with E-state index in [1.807, 2.05) is 36.4 Å². The van der Waals surface area contributed by atoms with Gasteiger partial charge in [-0.1, -0.05) is 12.1 Å². The zero-order valence-electron chi connectivity index (χ0n) is 18.8. The number of piperidine rings is 1. The molecule has 7 heteroatoms. The number of methoxy groups -OCH3 is 4. The van der Waals surface area contributed by atoms with Crippen LogP contribution in [0.2, 0.25) is 0 Å². The number of nitrogens with zero attached hydrogens (tertiary/aromatic N) is 1. The lowest BCUT2D eigenvalue weighted by molar-refractivity contribution is -0.126. The summed E-state index contributed by atoms with van der Waals surface area (Å²) in [7, 11) is 6.49. The van der Waals surface area contributed by atoms with Crippen LogP contribution in [0.15, 0.2) is 36.4 Å². The second-order valence-electron chi connectivity index (χ2n) is 7.65. The topological polar surface area (TPSA) is 69.3 Å². The van der Waals surface area contributed by atoms with Crippen LogP contribution >= 0.6 is 0 Å². The average Bonchev–Trinajstić information content (AvgIpc) is 2.82. The first-order valence-electron chi connectivity index (χ1n) is 10.5. The Morgan fingerprint density at radius 2 is 1.52 bits per heavy atom. The highest BCUT2D eigenvalue weighted by molar-refractivity contribution is 5.78. The molecule has 3 rings (SSSR count). The molecule has 0 bridgehead atoms. The summed E-state index contributed by atoms with van der Waals surface area (Å²) in [6, 6.07) is 11.7. The third-order valence-corrected chi connectivity index (χ3v) is 5.71. The summed E-state index contributed by atoms with van der Waals surface area (Å²) in [6.07, 6.45) is 1.69. The van der Waals surface area contributed by atoms with Crippen molar-refractivity contribution in [2.45, 2.75) is 25.9 Å². The number of carbonyl (C=O) groups excluding carboxylic acids is 1. The van der Waals surface area contributed by atoms with E-state index in [4.69, 9.17) is 18.9 Å². The Morgan fingerprint density at radius 3 is 2.03 bits per heavy atom.